The van der Waals surface area contributed by atoms with Gasteiger partial charge in [0.05, 0.1) is 0 Å². The van der Waals surface area contributed by atoms with Crippen LogP contribution in [0.25, 0.3) is 12.2 Å². The Morgan fingerprint density at radius 3 is 2.09 bits per heavy atom. The minimum absolute atomic E-state index is 0. The summed E-state index contributed by atoms with van der Waals surface area (Å²) in [5.41, 5.74) is 6.02. The second-order valence-electron chi connectivity index (χ2n) is 6.76. The Kier molecular flexibility index (Phi) is 4.61. The zero-order valence-electron chi connectivity index (χ0n) is 13.6. The van der Waals surface area contributed by atoms with E-state index in [1.165, 1.54) is 41.5 Å². The molecule has 23 heavy (non-hydrogen) atoms. The third-order valence-electron chi connectivity index (χ3n) is 5.50. The van der Waals surface area contributed by atoms with Gasteiger partial charge in [-0.1, -0.05) is 60.7 Å². The number of halogens is 1. The van der Waals surface area contributed by atoms with E-state index in [1.54, 1.807) is 0 Å². The van der Waals surface area contributed by atoms with Gasteiger partial charge in [-0.2, -0.15) is 0 Å². The molecule has 1 unspecified atom stereocenters. The number of rotatable bonds is 2. The van der Waals surface area contributed by atoms with Gasteiger partial charge in [-0.25, -0.2) is 0 Å². The molecule has 1 spiro atoms. The molecular formula is C21H24ClN. The van der Waals surface area contributed by atoms with Gasteiger partial charge in [0, 0.05) is 5.41 Å². The van der Waals surface area contributed by atoms with Crippen molar-refractivity contribution >= 4 is 24.6 Å². The van der Waals surface area contributed by atoms with Gasteiger partial charge < -0.3 is 5.32 Å². The monoisotopic (exact) mass is 325 g/mol. The first-order chi connectivity index (χ1) is 10.8. The molecule has 4 rings (SSSR count). The zero-order valence-corrected chi connectivity index (χ0v) is 14.4. The van der Waals surface area contributed by atoms with Crippen LogP contribution in [-0.4, -0.2) is 13.6 Å². The van der Waals surface area contributed by atoms with Crippen molar-refractivity contribution in [2.24, 2.45) is 5.92 Å². The van der Waals surface area contributed by atoms with Gasteiger partial charge in [-0.3, -0.25) is 0 Å². The smallest absolute Gasteiger partial charge is 0.0218 e. The van der Waals surface area contributed by atoms with Gasteiger partial charge in [-0.05, 0) is 61.0 Å². The lowest BCUT2D eigenvalue weighted by atomic mass is 9.70. The third kappa shape index (κ3) is 2.62. The second kappa shape index (κ2) is 6.51. The topological polar surface area (TPSA) is 12.0 Å². The van der Waals surface area contributed by atoms with Gasteiger partial charge in [0.25, 0.3) is 0 Å². The van der Waals surface area contributed by atoms with E-state index >= 15 is 0 Å². The molecule has 0 heterocycles. The lowest BCUT2D eigenvalue weighted by Gasteiger charge is -2.33. The van der Waals surface area contributed by atoms with Crippen molar-refractivity contribution in [2.45, 2.75) is 24.7 Å². The highest BCUT2D eigenvalue weighted by atomic mass is 35.5. The molecule has 2 heteroatoms. The normalized spacial score (nSPS) is 20.5. The fourth-order valence-electron chi connectivity index (χ4n) is 4.58. The molecule has 1 nitrogen and oxygen atoms in total. The highest BCUT2D eigenvalue weighted by Gasteiger charge is 2.44. The molecule has 2 aliphatic rings. The first kappa shape index (κ1) is 16.3. The summed E-state index contributed by atoms with van der Waals surface area (Å²) in [5, 5.41) is 3.38. The number of benzene rings is 2. The number of hydrogen-bond donors (Lipinski definition) is 1. The maximum absolute atomic E-state index is 3.38. The fourth-order valence-corrected chi connectivity index (χ4v) is 4.58. The van der Waals surface area contributed by atoms with Gasteiger partial charge in [-0.15, -0.1) is 12.4 Å². The van der Waals surface area contributed by atoms with Gasteiger partial charge in [0.15, 0.2) is 0 Å². The number of nitrogens with one attached hydrogen (secondary N) is 1. The number of hydrogen-bond acceptors (Lipinski definition) is 1. The molecule has 1 fully saturated rings. The van der Waals surface area contributed by atoms with E-state index in [0.717, 1.165) is 12.5 Å². The van der Waals surface area contributed by atoms with E-state index < -0.39 is 0 Å². The minimum atomic E-state index is 0. The van der Waals surface area contributed by atoms with E-state index in [-0.39, 0.29) is 17.8 Å². The lowest BCUT2D eigenvalue weighted by Crippen LogP contribution is -2.27. The molecule has 0 radical (unpaired) electrons. The highest BCUT2D eigenvalue weighted by molar-refractivity contribution is 5.85. The minimum Gasteiger partial charge on any atom is -0.319 e. The highest BCUT2D eigenvalue weighted by Crippen LogP contribution is 2.52. The van der Waals surface area contributed by atoms with E-state index in [2.05, 4.69) is 73.0 Å². The van der Waals surface area contributed by atoms with Crippen LogP contribution < -0.4 is 5.32 Å². The van der Waals surface area contributed by atoms with Crippen molar-refractivity contribution in [3.05, 3.63) is 70.8 Å². The Labute approximate surface area is 145 Å². The van der Waals surface area contributed by atoms with Crippen LogP contribution in [0.15, 0.2) is 48.5 Å². The van der Waals surface area contributed by atoms with Crippen molar-refractivity contribution < 1.29 is 0 Å². The van der Waals surface area contributed by atoms with Crippen LogP contribution in [0.2, 0.25) is 0 Å². The third-order valence-corrected chi connectivity index (χ3v) is 5.50. The predicted molar refractivity (Wildman–Crippen MR) is 101 cm³/mol. The van der Waals surface area contributed by atoms with Crippen molar-refractivity contribution in [3.8, 4) is 0 Å². The molecular weight excluding hydrogens is 302 g/mol. The summed E-state index contributed by atoms with van der Waals surface area (Å²) in [7, 11) is 2.07. The quantitative estimate of drug-likeness (QED) is 0.828. The molecule has 120 valence electrons. The Bertz CT molecular complexity index is 670. The van der Waals surface area contributed by atoms with E-state index in [9.17, 15) is 0 Å². The molecule has 0 aliphatic heterocycles. The largest absolute Gasteiger partial charge is 0.319 e. The zero-order chi connectivity index (χ0) is 15.0. The molecule has 2 aromatic carbocycles. The van der Waals surface area contributed by atoms with Gasteiger partial charge in [0.2, 0.25) is 0 Å². The van der Waals surface area contributed by atoms with Crippen LogP contribution in [0.5, 0.6) is 0 Å². The van der Waals surface area contributed by atoms with Crippen LogP contribution in [0, 0.1) is 5.92 Å². The summed E-state index contributed by atoms with van der Waals surface area (Å²) >= 11 is 0. The maximum atomic E-state index is 3.38. The van der Waals surface area contributed by atoms with E-state index in [4.69, 9.17) is 0 Å². The first-order valence-corrected chi connectivity index (χ1v) is 8.35. The molecule has 0 bridgehead atoms. The Morgan fingerprint density at radius 2 is 1.52 bits per heavy atom. The molecule has 0 amide bonds. The molecule has 1 saturated carbocycles. The molecule has 2 aliphatic carbocycles. The lowest BCUT2D eigenvalue weighted by molar-refractivity contribution is 0.466. The molecule has 1 atom stereocenters. The summed E-state index contributed by atoms with van der Waals surface area (Å²) in [5.74, 6) is 0.768. The standard InChI is InChI=1S/C21H23N.ClH/c1-22-15-16-12-13-21(14-16)19-8-4-2-6-17(19)10-11-18-7-3-5-9-20(18)21;/h2-11,16,22H,12-15H2,1H3;1H. The molecule has 0 saturated heterocycles. The van der Waals surface area contributed by atoms with Crippen LogP contribution >= 0.6 is 12.4 Å². The maximum Gasteiger partial charge on any atom is 0.0218 e. The van der Waals surface area contributed by atoms with Crippen molar-refractivity contribution in [3.63, 3.8) is 0 Å². The van der Waals surface area contributed by atoms with Crippen LogP contribution in [-0.2, 0) is 5.41 Å². The average Bonchev–Trinajstić information content (AvgIpc) is 2.93. The average molecular weight is 326 g/mol. The SMILES string of the molecule is CNCC1CCC2(C1)c1ccccc1C=Cc1ccccc12.Cl. The summed E-state index contributed by atoms with van der Waals surface area (Å²) in [6, 6.07) is 18.0. The summed E-state index contributed by atoms with van der Waals surface area (Å²) in [6.07, 6.45) is 8.42. The predicted octanol–water partition coefficient (Wildman–Crippen LogP) is 4.90. The Morgan fingerprint density at radius 1 is 0.957 bits per heavy atom. The fraction of sp³-hybridized carbons (Fsp3) is 0.333. The summed E-state index contributed by atoms with van der Waals surface area (Å²) < 4.78 is 0. The summed E-state index contributed by atoms with van der Waals surface area (Å²) in [6.45, 7) is 1.12. The van der Waals surface area contributed by atoms with Crippen molar-refractivity contribution in [2.75, 3.05) is 13.6 Å². The Hall–Kier alpha value is -1.57. The molecule has 0 aromatic heterocycles. The van der Waals surface area contributed by atoms with E-state index in [0.29, 0.717) is 0 Å². The van der Waals surface area contributed by atoms with Gasteiger partial charge in [0.1, 0.15) is 0 Å². The van der Waals surface area contributed by atoms with Crippen molar-refractivity contribution in [1.82, 2.24) is 5.32 Å². The summed E-state index contributed by atoms with van der Waals surface area (Å²) in [4.78, 5) is 0. The van der Waals surface area contributed by atoms with Crippen LogP contribution in [0.3, 0.4) is 0 Å². The molecule has 1 N–H and O–H groups in total. The molecule has 2 aromatic rings. The first-order valence-electron chi connectivity index (χ1n) is 8.35. The Balaban J connectivity index is 0.00000156. The van der Waals surface area contributed by atoms with Crippen molar-refractivity contribution in [1.29, 1.82) is 0 Å². The van der Waals surface area contributed by atoms with Crippen LogP contribution in [0.1, 0.15) is 41.5 Å². The van der Waals surface area contributed by atoms with Crippen LogP contribution in [0.4, 0.5) is 0 Å². The van der Waals surface area contributed by atoms with Gasteiger partial charge >= 0.3 is 0 Å². The number of fused-ring (bicyclic) bond motifs is 4. The second-order valence-corrected chi connectivity index (χ2v) is 6.76. The van der Waals surface area contributed by atoms with E-state index in [1.807, 2.05) is 0 Å².